The molecule has 0 bridgehead atoms. The maximum absolute atomic E-state index is 12.0. The summed E-state index contributed by atoms with van der Waals surface area (Å²) in [6.07, 6.45) is 2.21. The predicted octanol–water partition coefficient (Wildman–Crippen LogP) is -0.141. The normalized spacial score (nSPS) is 12.8. The van der Waals surface area contributed by atoms with E-state index in [0.29, 0.717) is 35.2 Å². The van der Waals surface area contributed by atoms with Crippen LogP contribution in [0, 0.1) is 0 Å². The molecule has 0 aliphatic carbocycles. The largest absolute Gasteiger partial charge is 0.500 e. The van der Waals surface area contributed by atoms with Crippen LogP contribution in [0.5, 0.6) is 0 Å². The molecule has 0 saturated heterocycles. The molecule has 0 unspecified atom stereocenters. The fourth-order valence-corrected chi connectivity index (χ4v) is 6.18. The molecule has 0 aromatic carbocycles. The van der Waals surface area contributed by atoms with E-state index in [1.807, 2.05) is 0 Å². The molecule has 170 valence electrons. The van der Waals surface area contributed by atoms with Gasteiger partial charge in [-0.15, -0.1) is 0 Å². The Morgan fingerprint density at radius 3 is 1.48 bits per heavy atom. The Kier molecular flexibility index (Phi) is 14.5. The zero-order valence-electron chi connectivity index (χ0n) is 18.4. The Labute approximate surface area is 177 Å². The minimum atomic E-state index is -2.68. The Morgan fingerprint density at radius 1 is 0.724 bits per heavy atom. The predicted molar refractivity (Wildman–Crippen MR) is 112 cm³/mol. The van der Waals surface area contributed by atoms with Crippen LogP contribution in [0.2, 0.25) is 12.1 Å². The van der Waals surface area contributed by atoms with Crippen molar-refractivity contribution in [3.05, 3.63) is 11.3 Å². The van der Waals surface area contributed by atoms with Crippen LogP contribution in [0.15, 0.2) is 11.3 Å². The van der Waals surface area contributed by atoms with Crippen molar-refractivity contribution in [2.75, 3.05) is 55.9 Å². The first kappa shape index (κ1) is 28.1. The number of hydrogen-bond acceptors (Lipinski definition) is 10. The lowest BCUT2D eigenvalue weighted by atomic mass is 10.4. The van der Waals surface area contributed by atoms with Crippen molar-refractivity contribution in [3.8, 4) is 0 Å². The summed E-state index contributed by atoms with van der Waals surface area (Å²) in [5, 5.41) is 0.290. The number of esters is 2. The SMILES string of the molecule is CO[Si](CCCOC(=O)/C=C(\[SiH3])C(=O)OCCC[Si](OC)(OC)OC)(OC)OC. The summed E-state index contributed by atoms with van der Waals surface area (Å²) in [6.45, 7) is 0.345. The van der Waals surface area contributed by atoms with Gasteiger partial charge in [0.15, 0.2) is 0 Å². The quantitative estimate of drug-likeness (QED) is 0.131. The van der Waals surface area contributed by atoms with Crippen molar-refractivity contribution in [2.24, 2.45) is 0 Å². The lowest BCUT2D eigenvalue weighted by molar-refractivity contribution is -0.140. The topological polar surface area (TPSA) is 108 Å². The van der Waals surface area contributed by atoms with Gasteiger partial charge in [-0.2, -0.15) is 0 Å². The van der Waals surface area contributed by atoms with Gasteiger partial charge < -0.3 is 36.0 Å². The van der Waals surface area contributed by atoms with Gasteiger partial charge in [-0.1, -0.05) is 0 Å². The molecule has 0 aromatic rings. The number of hydrogen-bond donors (Lipinski definition) is 0. The van der Waals surface area contributed by atoms with E-state index in [9.17, 15) is 9.59 Å². The van der Waals surface area contributed by atoms with Gasteiger partial charge in [-0.05, 0) is 12.8 Å². The molecule has 10 nitrogen and oxygen atoms in total. The molecule has 0 aliphatic rings. The van der Waals surface area contributed by atoms with Crippen LogP contribution in [-0.4, -0.2) is 95.7 Å². The van der Waals surface area contributed by atoms with Crippen LogP contribution in [0.4, 0.5) is 0 Å². The first-order valence-corrected chi connectivity index (χ1v) is 14.0. The van der Waals surface area contributed by atoms with Gasteiger partial charge in [0.2, 0.25) is 0 Å². The van der Waals surface area contributed by atoms with E-state index in [4.69, 9.17) is 36.0 Å². The van der Waals surface area contributed by atoms with E-state index in [2.05, 4.69) is 0 Å². The minimum absolute atomic E-state index is 0.168. The Balaban J connectivity index is 4.28. The lowest BCUT2D eigenvalue weighted by Crippen LogP contribution is -2.42. The van der Waals surface area contributed by atoms with Crippen molar-refractivity contribution in [3.63, 3.8) is 0 Å². The molecule has 0 N–H and O–H groups in total. The molecular weight excluding hydrogens is 436 g/mol. The second-order valence-electron chi connectivity index (χ2n) is 5.93. The van der Waals surface area contributed by atoms with Gasteiger partial charge in [-0.25, -0.2) is 9.59 Å². The molecule has 0 aliphatic heterocycles. The van der Waals surface area contributed by atoms with Gasteiger partial charge in [-0.3, -0.25) is 0 Å². The third-order valence-electron chi connectivity index (χ3n) is 4.25. The van der Waals surface area contributed by atoms with Crippen LogP contribution >= 0.6 is 0 Å². The third-order valence-corrected chi connectivity index (χ3v) is 10.6. The summed E-state index contributed by atoms with van der Waals surface area (Å²) in [6, 6.07) is 1.03. The Bertz CT molecular complexity index is 505. The lowest BCUT2D eigenvalue weighted by Gasteiger charge is -2.24. The number of ether oxygens (including phenoxy) is 2. The molecule has 0 aromatic heterocycles. The van der Waals surface area contributed by atoms with Crippen molar-refractivity contribution in [2.45, 2.75) is 24.9 Å². The van der Waals surface area contributed by atoms with E-state index in [1.54, 1.807) is 0 Å². The zero-order valence-corrected chi connectivity index (χ0v) is 22.4. The van der Waals surface area contributed by atoms with Crippen LogP contribution in [0.1, 0.15) is 12.8 Å². The van der Waals surface area contributed by atoms with E-state index in [1.165, 1.54) is 48.7 Å². The Morgan fingerprint density at radius 2 is 1.10 bits per heavy atom. The molecule has 0 heterocycles. The highest BCUT2D eigenvalue weighted by Gasteiger charge is 2.37. The maximum Gasteiger partial charge on any atom is 0.500 e. The molecule has 0 saturated carbocycles. The number of rotatable bonds is 16. The first-order valence-electron chi connectivity index (χ1n) is 9.10. The highest BCUT2D eigenvalue weighted by Crippen LogP contribution is 2.16. The van der Waals surface area contributed by atoms with E-state index < -0.39 is 29.5 Å². The van der Waals surface area contributed by atoms with Gasteiger partial charge in [0.05, 0.1) is 13.2 Å². The molecule has 29 heavy (non-hydrogen) atoms. The molecule has 0 fully saturated rings. The summed E-state index contributed by atoms with van der Waals surface area (Å²) in [5.74, 6) is -1.12. The summed E-state index contributed by atoms with van der Waals surface area (Å²) in [5.41, 5.74) is 0. The molecular formula is C16H34O10Si3. The Hall–Kier alpha value is -0.909. The van der Waals surface area contributed by atoms with Crippen LogP contribution in [-0.2, 0) is 45.6 Å². The molecule has 0 atom stereocenters. The highest BCUT2D eigenvalue weighted by molar-refractivity contribution is 6.60. The molecule has 0 amide bonds. The van der Waals surface area contributed by atoms with Crippen molar-refractivity contribution in [1.29, 1.82) is 0 Å². The van der Waals surface area contributed by atoms with Crippen LogP contribution < -0.4 is 0 Å². The molecule has 0 rings (SSSR count). The molecule has 13 heteroatoms. The highest BCUT2D eigenvalue weighted by atomic mass is 28.4. The van der Waals surface area contributed by atoms with Crippen molar-refractivity contribution >= 4 is 39.8 Å². The molecule has 0 radical (unpaired) electrons. The summed E-state index contributed by atoms with van der Waals surface area (Å²) < 4.78 is 42.1. The van der Waals surface area contributed by atoms with Gasteiger partial charge in [0, 0.05) is 76.3 Å². The summed E-state index contributed by atoms with van der Waals surface area (Å²) in [7, 11) is 4.14. The number of carbonyl (C=O) groups is 2. The van der Waals surface area contributed by atoms with E-state index in [0.717, 1.165) is 0 Å². The smallest absolute Gasteiger partial charge is 0.463 e. The zero-order chi connectivity index (χ0) is 22.3. The fourth-order valence-electron chi connectivity index (χ4n) is 2.42. The average Bonchev–Trinajstić information content (AvgIpc) is 2.74. The third kappa shape index (κ3) is 10.1. The van der Waals surface area contributed by atoms with Crippen molar-refractivity contribution in [1.82, 2.24) is 0 Å². The molecule has 0 spiro atoms. The summed E-state index contributed by atoms with van der Waals surface area (Å²) >= 11 is 0. The average molecular weight is 471 g/mol. The monoisotopic (exact) mass is 470 g/mol. The van der Waals surface area contributed by atoms with Crippen molar-refractivity contribution < 1.29 is 45.6 Å². The van der Waals surface area contributed by atoms with E-state index >= 15 is 0 Å². The second kappa shape index (κ2) is 15.0. The van der Waals surface area contributed by atoms with Gasteiger partial charge >= 0.3 is 29.5 Å². The second-order valence-corrected chi connectivity index (χ2v) is 13.2. The number of carbonyl (C=O) groups excluding carboxylic acids is 2. The van der Waals surface area contributed by atoms with E-state index in [-0.39, 0.29) is 18.4 Å². The standard InChI is InChI=1S/C16H34O10Si3/c1-19-28(20-2,21-3)11-7-9-25-15(17)13-14(27)16(18)26-10-8-12-29(22-4,23-5)24-6/h13H,7-12H2,1-6,27H3/b14-13-. The van der Waals surface area contributed by atoms with Crippen LogP contribution in [0.3, 0.4) is 0 Å². The van der Waals surface area contributed by atoms with Gasteiger partial charge in [0.1, 0.15) is 0 Å². The minimum Gasteiger partial charge on any atom is -0.463 e. The maximum atomic E-state index is 12.0. The summed E-state index contributed by atoms with van der Waals surface area (Å²) in [4.78, 5) is 23.9. The van der Waals surface area contributed by atoms with Crippen LogP contribution in [0.25, 0.3) is 0 Å². The fraction of sp³-hybridized carbons (Fsp3) is 0.750. The van der Waals surface area contributed by atoms with Gasteiger partial charge in [0.25, 0.3) is 0 Å². The first-order chi connectivity index (χ1) is 13.8.